The molecule has 0 saturated heterocycles. The molecule has 0 atom stereocenters. The number of benzene rings is 1. The summed E-state index contributed by atoms with van der Waals surface area (Å²) in [5.41, 5.74) is 1.30. The summed E-state index contributed by atoms with van der Waals surface area (Å²) in [5, 5.41) is 8.59. The van der Waals surface area contributed by atoms with E-state index in [-0.39, 0.29) is 5.91 Å². The largest absolute Gasteiger partial charge is 0.478 e. The molecule has 19 heavy (non-hydrogen) atoms. The minimum atomic E-state index is -1.00. The van der Waals surface area contributed by atoms with Crippen molar-refractivity contribution in [2.24, 2.45) is 0 Å². The molecule has 0 spiro atoms. The van der Waals surface area contributed by atoms with Gasteiger partial charge in [-0.15, -0.1) is 0 Å². The summed E-state index contributed by atoms with van der Waals surface area (Å²) < 4.78 is 0. The van der Waals surface area contributed by atoms with Gasteiger partial charge in [0.25, 0.3) is 5.91 Å². The van der Waals surface area contributed by atoms with Crippen LogP contribution in [0.4, 0.5) is 0 Å². The molecule has 0 saturated carbocycles. The molecule has 0 aliphatic heterocycles. The third-order valence-electron chi connectivity index (χ3n) is 2.71. The summed E-state index contributed by atoms with van der Waals surface area (Å²) in [4.78, 5) is 24.5. The highest BCUT2D eigenvalue weighted by molar-refractivity contribution is 5.95. The zero-order valence-electron chi connectivity index (χ0n) is 11.3. The van der Waals surface area contributed by atoms with E-state index in [2.05, 4.69) is 0 Å². The van der Waals surface area contributed by atoms with Gasteiger partial charge in [0.05, 0.1) is 0 Å². The Morgan fingerprint density at radius 1 is 1.32 bits per heavy atom. The van der Waals surface area contributed by atoms with Crippen LogP contribution in [0.15, 0.2) is 30.3 Å². The molecular formula is C15H19NO3. The molecule has 1 aromatic rings. The third kappa shape index (κ3) is 4.58. The van der Waals surface area contributed by atoms with E-state index in [4.69, 9.17) is 5.11 Å². The molecule has 0 aliphatic rings. The van der Waals surface area contributed by atoms with Gasteiger partial charge in [-0.1, -0.05) is 19.1 Å². The van der Waals surface area contributed by atoms with Crippen LogP contribution in [0, 0.1) is 0 Å². The second-order valence-electron chi connectivity index (χ2n) is 4.18. The van der Waals surface area contributed by atoms with Crippen LogP contribution >= 0.6 is 0 Å². The summed E-state index contributed by atoms with van der Waals surface area (Å²) in [6.45, 7) is 5.37. The Morgan fingerprint density at radius 3 is 2.63 bits per heavy atom. The summed E-state index contributed by atoms with van der Waals surface area (Å²) in [5.74, 6) is -1.02. The van der Waals surface area contributed by atoms with Gasteiger partial charge in [-0.25, -0.2) is 4.79 Å². The van der Waals surface area contributed by atoms with Gasteiger partial charge in [0.15, 0.2) is 0 Å². The summed E-state index contributed by atoms with van der Waals surface area (Å²) in [6, 6.07) is 6.99. The van der Waals surface area contributed by atoms with Gasteiger partial charge in [0, 0.05) is 24.7 Å². The zero-order chi connectivity index (χ0) is 14.3. The van der Waals surface area contributed by atoms with Crippen molar-refractivity contribution < 1.29 is 14.7 Å². The van der Waals surface area contributed by atoms with Crippen LogP contribution in [0.25, 0.3) is 6.08 Å². The quantitative estimate of drug-likeness (QED) is 0.801. The topological polar surface area (TPSA) is 57.6 Å². The normalized spacial score (nSPS) is 10.6. The fourth-order valence-electron chi connectivity index (χ4n) is 1.80. The van der Waals surface area contributed by atoms with Crippen molar-refractivity contribution in [1.82, 2.24) is 4.90 Å². The summed E-state index contributed by atoms with van der Waals surface area (Å²) in [7, 11) is 0. The maximum absolute atomic E-state index is 12.2. The molecule has 4 heteroatoms. The summed E-state index contributed by atoms with van der Waals surface area (Å²) in [6.07, 6.45) is 3.46. The van der Waals surface area contributed by atoms with E-state index >= 15 is 0 Å². The lowest BCUT2D eigenvalue weighted by molar-refractivity contribution is -0.131. The first-order valence-electron chi connectivity index (χ1n) is 6.38. The number of aliphatic carboxylic acids is 1. The Labute approximate surface area is 113 Å². The van der Waals surface area contributed by atoms with E-state index in [1.54, 1.807) is 29.2 Å². The number of carbonyl (C=O) groups excluding carboxylic acids is 1. The Bertz CT molecular complexity index is 480. The highest BCUT2D eigenvalue weighted by Gasteiger charge is 2.12. The van der Waals surface area contributed by atoms with Crippen LogP contribution in [-0.2, 0) is 4.79 Å². The van der Waals surface area contributed by atoms with Crippen LogP contribution < -0.4 is 0 Å². The molecule has 1 aromatic carbocycles. The lowest BCUT2D eigenvalue weighted by Gasteiger charge is -2.20. The van der Waals surface area contributed by atoms with E-state index < -0.39 is 5.97 Å². The number of rotatable bonds is 6. The molecule has 1 N–H and O–H groups in total. The van der Waals surface area contributed by atoms with Crippen LogP contribution in [0.3, 0.4) is 0 Å². The van der Waals surface area contributed by atoms with Crippen molar-refractivity contribution in [3.05, 3.63) is 41.5 Å². The van der Waals surface area contributed by atoms with Gasteiger partial charge in [0.1, 0.15) is 0 Å². The van der Waals surface area contributed by atoms with Crippen molar-refractivity contribution in [2.45, 2.75) is 20.3 Å². The van der Waals surface area contributed by atoms with Gasteiger partial charge < -0.3 is 10.0 Å². The minimum absolute atomic E-state index is 0.0186. The SMILES string of the molecule is CCCN(CC)C(=O)c1cccc(C=CC(=O)O)c1. The Morgan fingerprint density at radius 2 is 2.05 bits per heavy atom. The molecule has 102 valence electrons. The molecule has 1 rings (SSSR count). The molecule has 0 radical (unpaired) electrons. The zero-order valence-corrected chi connectivity index (χ0v) is 11.3. The molecule has 1 amide bonds. The van der Waals surface area contributed by atoms with Crippen molar-refractivity contribution in [2.75, 3.05) is 13.1 Å². The number of amides is 1. The van der Waals surface area contributed by atoms with Gasteiger partial charge in [-0.3, -0.25) is 4.79 Å². The molecule has 0 aliphatic carbocycles. The molecule has 0 aromatic heterocycles. The van der Waals surface area contributed by atoms with Crippen LogP contribution in [0.5, 0.6) is 0 Å². The average molecular weight is 261 g/mol. The highest BCUT2D eigenvalue weighted by atomic mass is 16.4. The Balaban J connectivity index is 2.92. The van der Waals surface area contributed by atoms with Gasteiger partial charge in [-0.2, -0.15) is 0 Å². The van der Waals surface area contributed by atoms with Gasteiger partial charge in [-0.05, 0) is 37.1 Å². The second-order valence-corrected chi connectivity index (χ2v) is 4.18. The average Bonchev–Trinajstić information content (AvgIpc) is 2.42. The maximum atomic E-state index is 12.2. The molecule has 0 heterocycles. The maximum Gasteiger partial charge on any atom is 0.328 e. The number of hydrogen-bond donors (Lipinski definition) is 1. The number of carboxylic acids is 1. The monoisotopic (exact) mass is 261 g/mol. The van der Waals surface area contributed by atoms with Crippen molar-refractivity contribution in [3.63, 3.8) is 0 Å². The predicted molar refractivity (Wildman–Crippen MR) is 75.0 cm³/mol. The van der Waals surface area contributed by atoms with Crippen molar-refractivity contribution in [3.8, 4) is 0 Å². The number of hydrogen-bond acceptors (Lipinski definition) is 2. The standard InChI is InChI=1S/C15H19NO3/c1-3-10-16(4-2)15(19)13-7-5-6-12(11-13)8-9-14(17)18/h5-9,11H,3-4,10H2,1-2H3,(H,17,18). The fraction of sp³-hybridized carbons (Fsp3) is 0.333. The second kappa shape index (κ2) is 7.36. The Kier molecular flexibility index (Phi) is 5.79. The third-order valence-corrected chi connectivity index (χ3v) is 2.71. The first-order chi connectivity index (χ1) is 9.08. The first-order valence-corrected chi connectivity index (χ1v) is 6.38. The fourth-order valence-corrected chi connectivity index (χ4v) is 1.80. The summed E-state index contributed by atoms with van der Waals surface area (Å²) >= 11 is 0. The highest BCUT2D eigenvalue weighted by Crippen LogP contribution is 2.10. The molecule has 4 nitrogen and oxygen atoms in total. The van der Waals surface area contributed by atoms with Crippen molar-refractivity contribution in [1.29, 1.82) is 0 Å². The predicted octanol–water partition coefficient (Wildman–Crippen LogP) is 2.66. The smallest absolute Gasteiger partial charge is 0.328 e. The number of carboxylic acid groups (broad SMARTS) is 1. The van der Waals surface area contributed by atoms with E-state index in [1.165, 1.54) is 6.08 Å². The van der Waals surface area contributed by atoms with E-state index in [9.17, 15) is 9.59 Å². The lowest BCUT2D eigenvalue weighted by atomic mass is 10.1. The molecular weight excluding hydrogens is 242 g/mol. The van der Waals surface area contributed by atoms with E-state index in [0.29, 0.717) is 17.7 Å². The van der Waals surface area contributed by atoms with E-state index in [0.717, 1.165) is 19.0 Å². The minimum Gasteiger partial charge on any atom is -0.478 e. The van der Waals surface area contributed by atoms with Gasteiger partial charge >= 0.3 is 5.97 Å². The number of carbonyl (C=O) groups is 2. The van der Waals surface area contributed by atoms with E-state index in [1.807, 2.05) is 13.8 Å². The molecule has 0 bridgehead atoms. The lowest BCUT2D eigenvalue weighted by Crippen LogP contribution is -2.31. The van der Waals surface area contributed by atoms with Crippen LogP contribution in [0.1, 0.15) is 36.2 Å². The molecule has 0 unspecified atom stereocenters. The number of nitrogens with zero attached hydrogens (tertiary/aromatic N) is 1. The van der Waals surface area contributed by atoms with Crippen molar-refractivity contribution >= 4 is 18.0 Å². The Hall–Kier alpha value is -2.10. The van der Waals surface area contributed by atoms with Crippen LogP contribution in [-0.4, -0.2) is 35.0 Å². The first kappa shape index (κ1) is 15.0. The van der Waals surface area contributed by atoms with Gasteiger partial charge in [0.2, 0.25) is 0 Å². The van der Waals surface area contributed by atoms with Crippen LogP contribution in [0.2, 0.25) is 0 Å². The molecule has 0 fully saturated rings.